The van der Waals surface area contributed by atoms with Crippen molar-refractivity contribution in [1.29, 1.82) is 0 Å². The Morgan fingerprint density at radius 1 is 0.967 bits per heavy atom. The van der Waals surface area contributed by atoms with Crippen LogP contribution < -0.4 is 16.2 Å². The third-order valence-electron chi connectivity index (χ3n) is 4.79. The molecule has 0 unspecified atom stereocenters. The maximum atomic E-state index is 12.9. The maximum absolute atomic E-state index is 12.9. The summed E-state index contributed by atoms with van der Waals surface area (Å²) in [5, 5.41) is 4.09. The van der Waals surface area contributed by atoms with Crippen molar-refractivity contribution >= 4 is 39.8 Å². The number of benzene rings is 2. The lowest BCUT2D eigenvalue weighted by molar-refractivity contribution is 0.0946. The average molecular weight is 417 g/mol. The second kappa shape index (κ2) is 8.34. The van der Waals surface area contributed by atoms with E-state index in [4.69, 9.17) is 16.6 Å². The van der Waals surface area contributed by atoms with Gasteiger partial charge in [-0.25, -0.2) is 4.98 Å². The molecule has 0 atom stereocenters. The Kier molecular flexibility index (Phi) is 5.45. The van der Waals surface area contributed by atoms with E-state index in [9.17, 15) is 4.79 Å². The number of nitrogens with one attached hydrogen (secondary N) is 3. The Morgan fingerprint density at radius 2 is 1.80 bits per heavy atom. The number of carbonyl (C=O) groups is 1. The van der Waals surface area contributed by atoms with Crippen LogP contribution in [0.3, 0.4) is 0 Å². The summed E-state index contributed by atoms with van der Waals surface area (Å²) in [4.78, 5) is 17.5. The standard InChI is InChI=1S/C23H20N4O2S/c1-14-9-10-16(12-15(14)2)24-23(30)27-26-22(28)18-13-20(21-8-5-11-29-21)25-19-7-4-3-6-17(18)19/h3-13H,1-2H3,(H,26,28)(H2,24,27,30). The Balaban J connectivity index is 1.52. The van der Waals surface area contributed by atoms with Crippen molar-refractivity contribution in [2.75, 3.05) is 5.32 Å². The predicted molar refractivity (Wildman–Crippen MR) is 122 cm³/mol. The first-order valence-corrected chi connectivity index (χ1v) is 9.80. The monoisotopic (exact) mass is 416 g/mol. The van der Waals surface area contributed by atoms with Crippen LogP contribution in [0.5, 0.6) is 0 Å². The van der Waals surface area contributed by atoms with Crippen molar-refractivity contribution in [3.63, 3.8) is 0 Å². The molecule has 30 heavy (non-hydrogen) atoms. The molecule has 2 aromatic carbocycles. The zero-order chi connectivity index (χ0) is 21.1. The van der Waals surface area contributed by atoms with Crippen molar-refractivity contribution in [3.8, 4) is 11.5 Å². The number of fused-ring (bicyclic) bond motifs is 1. The van der Waals surface area contributed by atoms with Gasteiger partial charge in [0, 0.05) is 11.1 Å². The highest BCUT2D eigenvalue weighted by Gasteiger charge is 2.15. The van der Waals surface area contributed by atoms with Gasteiger partial charge in [-0.1, -0.05) is 24.3 Å². The number of aromatic nitrogens is 1. The van der Waals surface area contributed by atoms with Crippen LogP contribution in [0.1, 0.15) is 21.5 Å². The third-order valence-corrected chi connectivity index (χ3v) is 4.99. The molecule has 0 spiro atoms. The van der Waals surface area contributed by atoms with E-state index in [1.807, 2.05) is 56.3 Å². The number of anilines is 1. The van der Waals surface area contributed by atoms with Crippen molar-refractivity contribution < 1.29 is 9.21 Å². The van der Waals surface area contributed by atoms with Crippen molar-refractivity contribution in [2.24, 2.45) is 0 Å². The Labute approximate surface area is 179 Å². The first-order valence-electron chi connectivity index (χ1n) is 9.39. The van der Waals surface area contributed by atoms with E-state index < -0.39 is 0 Å². The zero-order valence-corrected chi connectivity index (χ0v) is 17.3. The van der Waals surface area contributed by atoms with Crippen LogP contribution >= 0.6 is 12.2 Å². The van der Waals surface area contributed by atoms with Gasteiger partial charge < -0.3 is 9.73 Å². The van der Waals surface area contributed by atoms with Gasteiger partial charge >= 0.3 is 0 Å². The fourth-order valence-corrected chi connectivity index (χ4v) is 3.25. The smallest absolute Gasteiger partial charge is 0.270 e. The second-order valence-corrected chi connectivity index (χ2v) is 7.29. The lowest BCUT2D eigenvalue weighted by atomic mass is 10.1. The van der Waals surface area contributed by atoms with Crippen LogP contribution in [-0.2, 0) is 0 Å². The van der Waals surface area contributed by atoms with E-state index >= 15 is 0 Å². The number of furan rings is 1. The first kappa shape index (κ1) is 19.6. The number of carbonyl (C=O) groups excluding carboxylic acids is 1. The highest BCUT2D eigenvalue weighted by molar-refractivity contribution is 7.80. The van der Waals surface area contributed by atoms with Gasteiger partial charge in [-0.15, -0.1) is 0 Å². The highest BCUT2D eigenvalue weighted by atomic mass is 32.1. The number of thiocarbonyl (C=S) groups is 1. The lowest BCUT2D eigenvalue weighted by Crippen LogP contribution is -2.43. The van der Waals surface area contributed by atoms with E-state index in [2.05, 4.69) is 21.2 Å². The molecule has 0 fully saturated rings. The normalized spacial score (nSPS) is 10.6. The van der Waals surface area contributed by atoms with Gasteiger partial charge in [0.05, 0.1) is 17.3 Å². The van der Waals surface area contributed by atoms with E-state index in [0.717, 1.165) is 16.6 Å². The number of hydrogen-bond acceptors (Lipinski definition) is 4. The molecule has 0 aliphatic heterocycles. The quantitative estimate of drug-likeness (QED) is 0.331. The zero-order valence-electron chi connectivity index (χ0n) is 16.5. The van der Waals surface area contributed by atoms with E-state index in [0.29, 0.717) is 22.5 Å². The number of amides is 1. The molecule has 4 aromatic rings. The molecule has 7 heteroatoms. The van der Waals surface area contributed by atoms with Crippen LogP contribution in [-0.4, -0.2) is 16.0 Å². The molecule has 1 amide bonds. The van der Waals surface area contributed by atoms with Gasteiger partial charge in [-0.3, -0.25) is 15.6 Å². The second-order valence-electron chi connectivity index (χ2n) is 6.88. The van der Waals surface area contributed by atoms with Crippen LogP contribution in [0.15, 0.2) is 71.3 Å². The molecular weight excluding hydrogens is 396 g/mol. The van der Waals surface area contributed by atoms with Gasteiger partial charge in [0.2, 0.25) is 0 Å². The van der Waals surface area contributed by atoms with Gasteiger partial charge in [-0.2, -0.15) is 0 Å². The molecule has 150 valence electrons. The minimum atomic E-state index is -0.328. The van der Waals surface area contributed by atoms with Crippen LogP contribution in [0, 0.1) is 13.8 Å². The molecular formula is C23H20N4O2S. The molecule has 0 aliphatic carbocycles. The molecule has 0 bridgehead atoms. The summed E-state index contributed by atoms with van der Waals surface area (Å²) in [5.41, 5.74) is 10.4. The molecule has 0 radical (unpaired) electrons. The number of para-hydroxylation sites is 1. The topological polar surface area (TPSA) is 79.2 Å². The minimum absolute atomic E-state index is 0.288. The summed E-state index contributed by atoms with van der Waals surface area (Å²) < 4.78 is 5.45. The first-order chi connectivity index (χ1) is 14.5. The SMILES string of the molecule is Cc1ccc(NC(=S)NNC(=O)c2cc(-c3ccco3)nc3ccccc23)cc1C. The van der Waals surface area contributed by atoms with E-state index in [1.54, 1.807) is 24.5 Å². The predicted octanol–water partition coefficient (Wildman–Crippen LogP) is 4.74. The van der Waals surface area contributed by atoms with Crippen molar-refractivity contribution in [3.05, 3.63) is 83.6 Å². The molecule has 0 aliphatic rings. The molecule has 2 aromatic heterocycles. The highest BCUT2D eigenvalue weighted by Crippen LogP contribution is 2.25. The molecule has 0 saturated heterocycles. The number of hydrazine groups is 1. The van der Waals surface area contributed by atoms with Gasteiger partial charge in [0.1, 0.15) is 5.69 Å². The Hall–Kier alpha value is -3.71. The molecule has 0 saturated carbocycles. The Bertz CT molecular complexity index is 1240. The number of hydrogen-bond donors (Lipinski definition) is 3. The number of nitrogens with zero attached hydrogens (tertiary/aromatic N) is 1. The largest absolute Gasteiger partial charge is 0.463 e. The Morgan fingerprint density at radius 3 is 2.57 bits per heavy atom. The van der Waals surface area contributed by atoms with Gasteiger partial charge in [0.25, 0.3) is 5.91 Å². The molecule has 2 heterocycles. The maximum Gasteiger partial charge on any atom is 0.270 e. The van der Waals surface area contributed by atoms with Crippen LogP contribution in [0.4, 0.5) is 5.69 Å². The van der Waals surface area contributed by atoms with Crippen molar-refractivity contribution in [2.45, 2.75) is 13.8 Å². The summed E-state index contributed by atoms with van der Waals surface area (Å²) in [5.74, 6) is 0.264. The average Bonchev–Trinajstić information content (AvgIpc) is 3.29. The van der Waals surface area contributed by atoms with Crippen LogP contribution in [0.25, 0.3) is 22.4 Å². The number of rotatable bonds is 3. The molecule has 3 N–H and O–H groups in total. The fraction of sp³-hybridized carbons (Fsp3) is 0.0870. The number of aryl methyl sites for hydroxylation is 2. The summed E-state index contributed by atoms with van der Waals surface area (Å²) in [6.45, 7) is 4.08. The summed E-state index contributed by atoms with van der Waals surface area (Å²) in [7, 11) is 0. The van der Waals surface area contributed by atoms with E-state index in [-0.39, 0.29) is 11.0 Å². The summed E-state index contributed by atoms with van der Waals surface area (Å²) >= 11 is 5.30. The van der Waals surface area contributed by atoms with Gasteiger partial charge in [0.15, 0.2) is 10.9 Å². The van der Waals surface area contributed by atoms with E-state index in [1.165, 1.54) is 5.56 Å². The molecule has 4 rings (SSSR count). The third kappa shape index (κ3) is 4.16. The lowest BCUT2D eigenvalue weighted by Gasteiger charge is -2.14. The summed E-state index contributed by atoms with van der Waals surface area (Å²) in [6, 6.07) is 18.7. The van der Waals surface area contributed by atoms with Crippen molar-refractivity contribution in [1.82, 2.24) is 15.8 Å². The minimum Gasteiger partial charge on any atom is -0.463 e. The van der Waals surface area contributed by atoms with Crippen LogP contribution in [0.2, 0.25) is 0 Å². The number of pyridine rings is 1. The fourth-order valence-electron chi connectivity index (χ4n) is 3.08. The molecule has 6 nitrogen and oxygen atoms in total. The van der Waals surface area contributed by atoms with Gasteiger partial charge in [-0.05, 0) is 73.6 Å². The summed E-state index contributed by atoms with van der Waals surface area (Å²) in [6.07, 6.45) is 1.57.